The molecular formula is C14H14ClFN2O2S. The van der Waals surface area contributed by atoms with Crippen LogP contribution in [0.5, 0.6) is 0 Å². The molecule has 0 atom stereocenters. The lowest BCUT2D eigenvalue weighted by Gasteiger charge is -2.19. The summed E-state index contributed by atoms with van der Waals surface area (Å²) >= 11 is 6.01. The second-order valence-corrected chi connectivity index (χ2v) is 6.92. The van der Waals surface area contributed by atoms with Crippen molar-refractivity contribution in [2.75, 3.05) is 12.8 Å². The van der Waals surface area contributed by atoms with Crippen LogP contribution in [0.1, 0.15) is 5.56 Å². The molecule has 0 fully saturated rings. The molecule has 0 saturated heterocycles. The van der Waals surface area contributed by atoms with Crippen molar-refractivity contribution in [2.24, 2.45) is 0 Å². The van der Waals surface area contributed by atoms with Gasteiger partial charge in [0.15, 0.2) is 0 Å². The monoisotopic (exact) mass is 328 g/mol. The van der Waals surface area contributed by atoms with Crippen LogP contribution in [0.3, 0.4) is 0 Å². The minimum absolute atomic E-state index is 0.0674. The highest BCUT2D eigenvalue weighted by Crippen LogP contribution is 2.26. The Balaban J connectivity index is 2.36. The van der Waals surface area contributed by atoms with Gasteiger partial charge in [0, 0.05) is 18.6 Å². The van der Waals surface area contributed by atoms with Crippen molar-refractivity contribution < 1.29 is 12.8 Å². The third-order valence-electron chi connectivity index (χ3n) is 3.05. The van der Waals surface area contributed by atoms with E-state index in [0.29, 0.717) is 10.6 Å². The third-order valence-corrected chi connectivity index (χ3v) is 5.28. The average Bonchev–Trinajstić information content (AvgIpc) is 2.44. The number of hydrogen-bond acceptors (Lipinski definition) is 3. The van der Waals surface area contributed by atoms with Crippen molar-refractivity contribution in [3.05, 3.63) is 58.9 Å². The summed E-state index contributed by atoms with van der Waals surface area (Å²) in [7, 11) is -2.51. The molecule has 0 amide bonds. The molecule has 112 valence electrons. The van der Waals surface area contributed by atoms with Crippen LogP contribution in [0, 0.1) is 5.82 Å². The molecule has 0 radical (unpaired) electrons. The highest BCUT2D eigenvalue weighted by Gasteiger charge is 2.25. The molecule has 2 aromatic rings. The lowest BCUT2D eigenvalue weighted by atomic mass is 10.2. The van der Waals surface area contributed by atoms with Crippen molar-refractivity contribution >= 4 is 27.3 Å². The first-order valence-corrected chi connectivity index (χ1v) is 7.89. The van der Waals surface area contributed by atoms with Gasteiger partial charge in [-0.1, -0.05) is 35.9 Å². The van der Waals surface area contributed by atoms with Crippen LogP contribution in [0.15, 0.2) is 47.4 Å². The Morgan fingerprint density at radius 3 is 2.52 bits per heavy atom. The maximum absolute atomic E-state index is 13.4. The summed E-state index contributed by atoms with van der Waals surface area (Å²) in [4.78, 5) is -0.253. The van der Waals surface area contributed by atoms with Gasteiger partial charge in [0.1, 0.15) is 10.7 Å². The fraction of sp³-hybridized carbons (Fsp3) is 0.143. The van der Waals surface area contributed by atoms with Crippen molar-refractivity contribution in [3.8, 4) is 0 Å². The van der Waals surface area contributed by atoms with Crippen molar-refractivity contribution in [1.29, 1.82) is 0 Å². The van der Waals surface area contributed by atoms with E-state index in [4.69, 9.17) is 17.3 Å². The van der Waals surface area contributed by atoms with Crippen LogP contribution in [0.2, 0.25) is 5.02 Å². The zero-order valence-electron chi connectivity index (χ0n) is 11.3. The van der Waals surface area contributed by atoms with E-state index in [9.17, 15) is 12.8 Å². The number of benzene rings is 2. The SMILES string of the molecule is CN(Cc1ccccc1Cl)S(=O)(=O)c1cccc(F)c1N. The predicted molar refractivity (Wildman–Crippen MR) is 80.9 cm³/mol. The molecule has 4 nitrogen and oxygen atoms in total. The van der Waals surface area contributed by atoms with Crippen LogP contribution < -0.4 is 5.73 Å². The van der Waals surface area contributed by atoms with Gasteiger partial charge in [0.2, 0.25) is 10.0 Å². The molecule has 0 unspecified atom stereocenters. The van der Waals surface area contributed by atoms with E-state index in [1.807, 2.05) is 0 Å². The Bertz CT molecular complexity index is 765. The van der Waals surface area contributed by atoms with Crippen LogP contribution >= 0.6 is 11.6 Å². The fourth-order valence-corrected chi connectivity index (χ4v) is 3.33. The van der Waals surface area contributed by atoms with Gasteiger partial charge in [0.25, 0.3) is 0 Å². The molecule has 2 N–H and O–H groups in total. The minimum Gasteiger partial charge on any atom is -0.395 e. The van der Waals surface area contributed by atoms with E-state index >= 15 is 0 Å². The molecule has 0 heterocycles. The van der Waals surface area contributed by atoms with Gasteiger partial charge in [-0.05, 0) is 23.8 Å². The van der Waals surface area contributed by atoms with Crippen molar-refractivity contribution in [3.63, 3.8) is 0 Å². The zero-order valence-corrected chi connectivity index (χ0v) is 12.8. The minimum atomic E-state index is -3.90. The number of halogens is 2. The highest BCUT2D eigenvalue weighted by atomic mass is 35.5. The summed E-state index contributed by atoms with van der Waals surface area (Å²) in [6, 6.07) is 10.6. The van der Waals surface area contributed by atoms with Crippen LogP contribution in [-0.4, -0.2) is 19.8 Å². The molecular weight excluding hydrogens is 315 g/mol. The molecule has 0 bridgehead atoms. The summed E-state index contributed by atoms with van der Waals surface area (Å²) < 4.78 is 39.4. The average molecular weight is 329 g/mol. The van der Waals surface area contributed by atoms with E-state index in [1.54, 1.807) is 24.3 Å². The second kappa shape index (κ2) is 6.01. The lowest BCUT2D eigenvalue weighted by molar-refractivity contribution is 0.466. The summed E-state index contributed by atoms with van der Waals surface area (Å²) in [6.07, 6.45) is 0. The van der Waals surface area contributed by atoms with E-state index in [1.165, 1.54) is 19.2 Å². The molecule has 0 saturated carbocycles. The topological polar surface area (TPSA) is 63.4 Å². The standard InChI is InChI=1S/C14H14ClFN2O2S/c1-18(9-10-5-2-3-6-11(10)15)21(19,20)13-8-4-7-12(16)14(13)17/h2-8H,9,17H2,1H3. The summed E-state index contributed by atoms with van der Waals surface area (Å²) in [5.41, 5.74) is 5.79. The first-order chi connectivity index (χ1) is 9.84. The van der Waals surface area contributed by atoms with Gasteiger partial charge in [0.05, 0.1) is 5.69 Å². The number of nitrogens with zero attached hydrogens (tertiary/aromatic N) is 1. The Morgan fingerprint density at radius 1 is 1.19 bits per heavy atom. The number of nitrogen functional groups attached to an aromatic ring is 1. The molecule has 0 aliphatic carbocycles. The normalized spacial score (nSPS) is 11.8. The summed E-state index contributed by atoms with van der Waals surface area (Å²) in [5.74, 6) is -0.762. The van der Waals surface area contributed by atoms with E-state index < -0.39 is 15.8 Å². The van der Waals surface area contributed by atoms with Crippen LogP contribution in [0.25, 0.3) is 0 Å². The number of rotatable bonds is 4. The lowest BCUT2D eigenvalue weighted by Crippen LogP contribution is -2.27. The first kappa shape index (κ1) is 15.8. The van der Waals surface area contributed by atoms with Gasteiger partial charge in [-0.15, -0.1) is 0 Å². The third kappa shape index (κ3) is 3.18. The van der Waals surface area contributed by atoms with Crippen LogP contribution in [-0.2, 0) is 16.6 Å². The van der Waals surface area contributed by atoms with Gasteiger partial charge in [-0.2, -0.15) is 4.31 Å². The predicted octanol–water partition coefficient (Wildman–Crippen LogP) is 2.88. The largest absolute Gasteiger partial charge is 0.395 e. The Labute approximate surface area is 128 Å². The Kier molecular flexibility index (Phi) is 4.51. The fourth-order valence-electron chi connectivity index (χ4n) is 1.86. The summed E-state index contributed by atoms with van der Waals surface area (Å²) in [5, 5.41) is 0.465. The first-order valence-electron chi connectivity index (χ1n) is 6.08. The highest BCUT2D eigenvalue weighted by molar-refractivity contribution is 7.89. The maximum Gasteiger partial charge on any atom is 0.245 e. The Hall–Kier alpha value is -1.63. The Morgan fingerprint density at radius 2 is 1.86 bits per heavy atom. The molecule has 0 spiro atoms. The number of nitrogens with two attached hydrogens (primary N) is 1. The van der Waals surface area contributed by atoms with E-state index in [0.717, 1.165) is 10.4 Å². The number of hydrogen-bond donors (Lipinski definition) is 1. The molecule has 7 heteroatoms. The molecule has 0 aliphatic heterocycles. The molecule has 21 heavy (non-hydrogen) atoms. The molecule has 2 rings (SSSR count). The quantitative estimate of drug-likeness (QED) is 0.878. The van der Waals surface area contributed by atoms with E-state index in [-0.39, 0.29) is 17.1 Å². The van der Waals surface area contributed by atoms with Gasteiger partial charge < -0.3 is 5.73 Å². The van der Waals surface area contributed by atoms with Crippen molar-refractivity contribution in [1.82, 2.24) is 4.31 Å². The van der Waals surface area contributed by atoms with Gasteiger partial charge in [-0.3, -0.25) is 0 Å². The molecule has 2 aromatic carbocycles. The maximum atomic E-state index is 13.4. The zero-order chi connectivity index (χ0) is 15.6. The number of anilines is 1. The van der Waals surface area contributed by atoms with Gasteiger partial charge >= 0.3 is 0 Å². The number of sulfonamides is 1. The smallest absolute Gasteiger partial charge is 0.245 e. The summed E-state index contributed by atoms with van der Waals surface area (Å²) in [6.45, 7) is 0.0674. The van der Waals surface area contributed by atoms with Gasteiger partial charge in [-0.25, -0.2) is 12.8 Å². The second-order valence-electron chi connectivity index (χ2n) is 4.50. The van der Waals surface area contributed by atoms with Crippen LogP contribution in [0.4, 0.5) is 10.1 Å². The van der Waals surface area contributed by atoms with E-state index in [2.05, 4.69) is 0 Å². The molecule has 0 aliphatic rings. The number of para-hydroxylation sites is 1. The molecule has 0 aromatic heterocycles. The van der Waals surface area contributed by atoms with Crippen molar-refractivity contribution in [2.45, 2.75) is 11.4 Å².